The molecule has 0 bridgehead atoms. The van der Waals surface area contributed by atoms with Crippen LogP contribution in [0, 0.1) is 6.92 Å². The molecule has 3 rings (SSSR count). The van der Waals surface area contributed by atoms with Gasteiger partial charge in [-0.3, -0.25) is 9.78 Å². The number of anilines is 3. The molecule has 8 heteroatoms. The Labute approximate surface area is 156 Å². The Kier molecular flexibility index (Phi) is 5.24. The highest BCUT2D eigenvalue weighted by atomic mass is 35.5. The van der Waals surface area contributed by atoms with E-state index in [0.717, 1.165) is 31.5 Å². The summed E-state index contributed by atoms with van der Waals surface area (Å²) in [6.07, 6.45) is 3.36. The first-order valence-corrected chi connectivity index (χ1v) is 8.96. The number of benzene rings is 1. The van der Waals surface area contributed by atoms with Crippen molar-refractivity contribution in [2.24, 2.45) is 0 Å². The van der Waals surface area contributed by atoms with E-state index in [2.05, 4.69) is 15.3 Å². The molecule has 1 aliphatic rings. The monoisotopic (exact) mass is 377 g/mol. The van der Waals surface area contributed by atoms with Crippen molar-refractivity contribution < 1.29 is 0 Å². The molecule has 0 unspecified atom stereocenters. The molecule has 0 atom stereocenters. The summed E-state index contributed by atoms with van der Waals surface area (Å²) in [4.78, 5) is 21.9. The first-order chi connectivity index (χ1) is 12.0. The van der Waals surface area contributed by atoms with Crippen molar-refractivity contribution in [1.29, 1.82) is 0 Å². The fourth-order valence-electron chi connectivity index (χ4n) is 2.82. The number of halogens is 1. The number of aromatic nitrogens is 2. The zero-order valence-corrected chi connectivity index (χ0v) is 15.5. The zero-order chi connectivity index (χ0) is 18.0. The lowest BCUT2D eigenvalue weighted by molar-refractivity contribution is 0.568. The topological polar surface area (TPSA) is 87.0 Å². The maximum atomic E-state index is 12.5. The van der Waals surface area contributed by atoms with Crippen LogP contribution in [-0.4, -0.2) is 28.0 Å². The molecule has 1 aromatic carbocycles. The number of hydrogen-bond donors (Lipinski definition) is 3. The van der Waals surface area contributed by atoms with Crippen molar-refractivity contribution in [3.63, 3.8) is 0 Å². The third kappa shape index (κ3) is 3.93. The molecule has 4 N–H and O–H groups in total. The molecular weight excluding hydrogens is 358 g/mol. The van der Waals surface area contributed by atoms with Gasteiger partial charge in [-0.25, -0.2) is 0 Å². The van der Waals surface area contributed by atoms with Gasteiger partial charge in [0.25, 0.3) is 5.56 Å². The van der Waals surface area contributed by atoms with E-state index in [0.29, 0.717) is 16.7 Å². The highest BCUT2D eigenvalue weighted by molar-refractivity contribution is 7.81. The molecular formula is C17H20ClN5OS. The molecule has 1 saturated heterocycles. The summed E-state index contributed by atoms with van der Waals surface area (Å²) in [6, 6.07) is 5.47. The lowest BCUT2D eigenvalue weighted by Gasteiger charge is -2.27. The molecule has 0 aliphatic carbocycles. The maximum Gasteiger partial charge on any atom is 0.264 e. The normalized spacial score (nSPS) is 14.4. The number of nitrogens with zero attached hydrogens (tertiary/aromatic N) is 2. The van der Waals surface area contributed by atoms with Crippen molar-refractivity contribution in [3.8, 4) is 0 Å². The summed E-state index contributed by atoms with van der Waals surface area (Å²) < 4.78 is 0. The number of piperidine rings is 1. The summed E-state index contributed by atoms with van der Waals surface area (Å²) in [7, 11) is 0. The predicted octanol–water partition coefficient (Wildman–Crippen LogP) is 3.09. The lowest BCUT2D eigenvalue weighted by Crippen LogP contribution is -2.34. The van der Waals surface area contributed by atoms with E-state index in [4.69, 9.17) is 29.6 Å². The van der Waals surface area contributed by atoms with Gasteiger partial charge in [-0.05, 0) is 43.9 Å². The number of aromatic amines is 1. The Morgan fingerprint density at radius 3 is 2.72 bits per heavy atom. The van der Waals surface area contributed by atoms with Crippen LogP contribution in [0.4, 0.5) is 17.5 Å². The molecule has 1 fully saturated rings. The van der Waals surface area contributed by atoms with Crippen LogP contribution >= 0.6 is 23.8 Å². The Hall–Kier alpha value is -2.12. The number of rotatable bonds is 3. The molecule has 25 heavy (non-hydrogen) atoms. The summed E-state index contributed by atoms with van der Waals surface area (Å²) >= 11 is 11.5. The summed E-state index contributed by atoms with van der Waals surface area (Å²) in [5, 5.41) is 3.62. The van der Waals surface area contributed by atoms with Gasteiger partial charge in [0.1, 0.15) is 16.4 Å². The quantitative estimate of drug-likeness (QED) is 0.712. The van der Waals surface area contributed by atoms with E-state index < -0.39 is 0 Å². The fraction of sp³-hybridized carbons (Fsp3) is 0.353. The number of H-pyrrole nitrogens is 1. The van der Waals surface area contributed by atoms with Crippen LogP contribution in [0.25, 0.3) is 0 Å². The van der Waals surface area contributed by atoms with Gasteiger partial charge in [-0.2, -0.15) is 4.98 Å². The smallest absolute Gasteiger partial charge is 0.264 e. The van der Waals surface area contributed by atoms with E-state index in [9.17, 15) is 4.79 Å². The minimum Gasteiger partial charge on any atom is -0.383 e. The number of thiocarbonyl (C=S) groups is 1. The third-order valence-corrected chi connectivity index (χ3v) is 4.96. The van der Waals surface area contributed by atoms with E-state index in [1.54, 1.807) is 6.07 Å². The van der Waals surface area contributed by atoms with Gasteiger partial charge in [-0.15, -0.1) is 0 Å². The number of nitrogens with one attached hydrogen (secondary N) is 2. The molecule has 6 nitrogen and oxygen atoms in total. The Morgan fingerprint density at radius 1 is 1.36 bits per heavy atom. The fourth-order valence-corrected chi connectivity index (χ4v) is 3.31. The van der Waals surface area contributed by atoms with Gasteiger partial charge < -0.3 is 16.0 Å². The number of nitrogen functional groups attached to an aromatic ring is 1. The van der Waals surface area contributed by atoms with Crippen LogP contribution in [0.3, 0.4) is 0 Å². The first-order valence-electron chi connectivity index (χ1n) is 8.18. The van der Waals surface area contributed by atoms with Gasteiger partial charge >= 0.3 is 0 Å². The van der Waals surface area contributed by atoms with Crippen molar-refractivity contribution >= 4 is 46.3 Å². The lowest BCUT2D eigenvalue weighted by atomic mass is 10.1. The molecule has 1 aliphatic heterocycles. The van der Waals surface area contributed by atoms with E-state index in [1.165, 1.54) is 6.42 Å². The minimum atomic E-state index is -0.344. The van der Waals surface area contributed by atoms with Crippen molar-refractivity contribution in [1.82, 2.24) is 9.97 Å². The Bertz CT molecular complexity index is 861. The van der Waals surface area contributed by atoms with Crippen LogP contribution in [0.2, 0.25) is 5.02 Å². The Balaban J connectivity index is 1.84. The summed E-state index contributed by atoms with van der Waals surface area (Å²) in [5.74, 6) is 0.632. The van der Waals surface area contributed by atoms with Gasteiger partial charge in [0.15, 0.2) is 0 Å². The zero-order valence-electron chi connectivity index (χ0n) is 13.9. The summed E-state index contributed by atoms with van der Waals surface area (Å²) in [5.41, 5.74) is 7.51. The molecule has 0 spiro atoms. The number of aryl methyl sites for hydroxylation is 1. The molecule has 2 heterocycles. The second-order valence-corrected chi connectivity index (χ2v) is 6.93. The largest absolute Gasteiger partial charge is 0.383 e. The second kappa shape index (κ2) is 7.41. The highest BCUT2D eigenvalue weighted by Crippen LogP contribution is 2.21. The molecule has 0 amide bonds. The molecule has 132 valence electrons. The maximum absolute atomic E-state index is 12.5. The van der Waals surface area contributed by atoms with Crippen LogP contribution in [0.5, 0.6) is 0 Å². The van der Waals surface area contributed by atoms with Crippen LogP contribution in [0.1, 0.15) is 30.4 Å². The molecule has 2 aromatic rings. The standard InChI is InChI=1S/C17H20ClN5OS/c1-10-5-6-11(9-12(10)18)20-16(25)13-14(19)21-17(22-15(13)24)23-7-3-2-4-8-23/h5-6,9H,2-4,7-8H2,1H3,(H,20,25)(H3,19,21,22,24). The average Bonchev–Trinajstić information content (AvgIpc) is 2.58. The molecule has 0 saturated carbocycles. The Morgan fingerprint density at radius 2 is 2.08 bits per heavy atom. The van der Waals surface area contributed by atoms with Gasteiger partial charge in [0, 0.05) is 23.8 Å². The third-order valence-electron chi connectivity index (χ3n) is 4.25. The molecule has 1 aromatic heterocycles. The number of nitrogens with two attached hydrogens (primary N) is 1. The van der Waals surface area contributed by atoms with Crippen LogP contribution in [0.15, 0.2) is 23.0 Å². The SMILES string of the molecule is Cc1ccc(NC(=S)c2c(N)nc(N3CCCCC3)[nH]c2=O)cc1Cl. The van der Waals surface area contributed by atoms with Crippen LogP contribution < -0.4 is 21.5 Å². The first kappa shape index (κ1) is 17.7. The summed E-state index contributed by atoms with van der Waals surface area (Å²) in [6.45, 7) is 3.65. The predicted molar refractivity (Wildman–Crippen MR) is 107 cm³/mol. The van der Waals surface area contributed by atoms with E-state index in [-0.39, 0.29) is 21.9 Å². The van der Waals surface area contributed by atoms with Gasteiger partial charge in [0.05, 0.1) is 0 Å². The van der Waals surface area contributed by atoms with E-state index >= 15 is 0 Å². The van der Waals surface area contributed by atoms with Crippen LogP contribution in [-0.2, 0) is 0 Å². The average molecular weight is 378 g/mol. The van der Waals surface area contributed by atoms with E-state index in [1.807, 2.05) is 24.0 Å². The van der Waals surface area contributed by atoms with Crippen molar-refractivity contribution in [2.75, 3.05) is 29.0 Å². The highest BCUT2D eigenvalue weighted by Gasteiger charge is 2.18. The second-order valence-electron chi connectivity index (χ2n) is 6.12. The van der Waals surface area contributed by atoms with Gasteiger partial charge in [-0.1, -0.05) is 29.9 Å². The number of hydrogen-bond acceptors (Lipinski definition) is 5. The van der Waals surface area contributed by atoms with Crippen molar-refractivity contribution in [3.05, 3.63) is 44.7 Å². The van der Waals surface area contributed by atoms with Gasteiger partial charge in [0.2, 0.25) is 5.95 Å². The van der Waals surface area contributed by atoms with Crippen molar-refractivity contribution in [2.45, 2.75) is 26.2 Å². The molecule has 0 radical (unpaired) electrons. The minimum absolute atomic E-state index is 0.125.